The molecule has 0 heteroatoms. The van der Waals surface area contributed by atoms with Gasteiger partial charge in [-0.2, -0.15) is 0 Å². The molecule has 0 amide bonds. The molecule has 0 nitrogen and oxygen atoms in total. The fourth-order valence-electron chi connectivity index (χ4n) is 6.38. The average molecular weight is 407 g/mol. The second-order valence-corrected chi connectivity index (χ2v) is 8.87. The third kappa shape index (κ3) is 2.12. The maximum Gasteiger partial charge on any atom is 0.0572 e. The molecule has 0 N–H and O–H groups in total. The molecule has 0 bridgehead atoms. The first-order valence-electron chi connectivity index (χ1n) is 11.3. The largest absolute Gasteiger partial charge is 0.0622 e. The predicted molar refractivity (Wildman–Crippen MR) is 132 cm³/mol. The van der Waals surface area contributed by atoms with Gasteiger partial charge in [-0.05, 0) is 50.1 Å². The Balaban J connectivity index is 1.68. The third-order valence-electron chi connectivity index (χ3n) is 7.49. The van der Waals surface area contributed by atoms with Crippen LogP contribution in [-0.4, -0.2) is 0 Å². The maximum atomic E-state index is 2.35. The molecule has 0 fully saturated rings. The Morgan fingerprint density at radius 2 is 0.781 bits per heavy atom. The van der Waals surface area contributed by atoms with E-state index in [-0.39, 0.29) is 11.3 Å². The van der Waals surface area contributed by atoms with E-state index in [1.54, 1.807) is 0 Å². The minimum atomic E-state index is -0.281. The summed E-state index contributed by atoms with van der Waals surface area (Å²) in [6.07, 6.45) is 0. The first kappa shape index (κ1) is 17.7. The molecule has 150 valence electrons. The molecular weight excluding hydrogens is 384 g/mol. The van der Waals surface area contributed by atoms with Crippen LogP contribution in [0.15, 0.2) is 127 Å². The second-order valence-electron chi connectivity index (χ2n) is 8.87. The zero-order valence-electron chi connectivity index (χ0n) is 17.7. The molecule has 2 aliphatic rings. The van der Waals surface area contributed by atoms with Gasteiger partial charge in [-0.3, -0.25) is 0 Å². The van der Waals surface area contributed by atoms with E-state index in [9.17, 15) is 0 Å². The van der Waals surface area contributed by atoms with Crippen LogP contribution in [0.2, 0.25) is 0 Å². The van der Waals surface area contributed by atoms with Crippen molar-refractivity contribution in [1.82, 2.24) is 0 Å². The summed E-state index contributed by atoms with van der Waals surface area (Å²) in [7, 11) is 0. The Bertz CT molecular complexity index is 1380. The Morgan fingerprint density at radius 3 is 1.31 bits per heavy atom. The van der Waals surface area contributed by atoms with Crippen molar-refractivity contribution >= 4 is 0 Å². The maximum absolute atomic E-state index is 2.35. The highest BCUT2D eigenvalue weighted by molar-refractivity contribution is 5.88. The number of hydrogen-bond donors (Lipinski definition) is 0. The standard InChI is InChI=1S/C32H22/c1-2-12-22(13-3-1)32(29-20-10-8-16-25(29)26-17-9-11-21-30(26)32)31-27-18-6-4-14-23(27)24-15-5-7-19-28(24)31/h1-21,31H. The molecule has 0 heterocycles. The molecule has 7 rings (SSSR count). The smallest absolute Gasteiger partial charge is 0.0572 e. The number of hydrogen-bond acceptors (Lipinski definition) is 0. The van der Waals surface area contributed by atoms with Gasteiger partial charge in [0, 0.05) is 5.92 Å². The summed E-state index contributed by atoms with van der Waals surface area (Å²) in [5, 5.41) is 0. The van der Waals surface area contributed by atoms with Crippen molar-refractivity contribution in [2.45, 2.75) is 11.3 Å². The molecular formula is C32H22. The summed E-state index contributed by atoms with van der Waals surface area (Å²) < 4.78 is 0. The molecule has 2 aliphatic carbocycles. The van der Waals surface area contributed by atoms with Crippen molar-refractivity contribution < 1.29 is 0 Å². The van der Waals surface area contributed by atoms with Crippen LogP contribution in [0.5, 0.6) is 0 Å². The lowest BCUT2D eigenvalue weighted by Gasteiger charge is -2.40. The monoisotopic (exact) mass is 406 g/mol. The topological polar surface area (TPSA) is 0 Å². The summed E-state index contributed by atoms with van der Waals surface area (Å²) in [6.45, 7) is 0. The van der Waals surface area contributed by atoms with Crippen LogP contribution in [0.25, 0.3) is 22.3 Å². The molecule has 0 aliphatic heterocycles. The molecule has 0 saturated carbocycles. The summed E-state index contributed by atoms with van der Waals surface area (Å²) in [4.78, 5) is 0. The quantitative estimate of drug-likeness (QED) is 0.280. The average Bonchev–Trinajstić information content (AvgIpc) is 3.36. The van der Waals surface area contributed by atoms with Gasteiger partial charge in [-0.15, -0.1) is 0 Å². The van der Waals surface area contributed by atoms with Gasteiger partial charge in [0.05, 0.1) is 5.41 Å². The van der Waals surface area contributed by atoms with Crippen LogP contribution in [0.3, 0.4) is 0 Å². The summed E-state index contributed by atoms with van der Waals surface area (Å²) in [5.74, 6) is 0.210. The lowest BCUT2D eigenvalue weighted by Crippen LogP contribution is -2.34. The first-order valence-corrected chi connectivity index (χ1v) is 11.3. The highest BCUT2D eigenvalue weighted by Gasteiger charge is 2.53. The lowest BCUT2D eigenvalue weighted by molar-refractivity contribution is 0.559. The molecule has 0 aromatic heterocycles. The third-order valence-corrected chi connectivity index (χ3v) is 7.49. The van der Waals surface area contributed by atoms with E-state index in [4.69, 9.17) is 0 Å². The Kier molecular flexibility index (Phi) is 3.63. The summed E-state index contributed by atoms with van der Waals surface area (Å²) >= 11 is 0. The van der Waals surface area contributed by atoms with Gasteiger partial charge in [0.25, 0.3) is 0 Å². The predicted octanol–water partition coefficient (Wildman–Crippen LogP) is 7.81. The van der Waals surface area contributed by atoms with Gasteiger partial charge < -0.3 is 0 Å². The minimum absolute atomic E-state index is 0.210. The Morgan fingerprint density at radius 1 is 0.375 bits per heavy atom. The van der Waals surface area contributed by atoms with Crippen molar-refractivity contribution in [3.8, 4) is 22.3 Å². The number of fused-ring (bicyclic) bond motifs is 6. The van der Waals surface area contributed by atoms with Crippen molar-refractivity contribution in [2.75, 3.05) is 0 Å². The van der Waals surface area contributed by atoms with Crippen LogP contribution in [0, 0.1) is 0 Å². The molecule has 0 unspecified atom stereocenters. The van der Waals surface area contributed by atoms with E-state index < -0.39 is 0 Å². The van der Waals surface area contributed by atoms with E-state index in [1.807, 2.05) is 0 Å². The zero-order chi connectivity index (χ0) is 21.1. The van der Waals surface area contributed by atoms with E-state index in [0.717, 1.165) is 0 Å². The van der Waals surface area contributed by atoms with Gasteiger partial charge in [-0.1, -0.05) is 127 Å². The molecule has 32 heavy (non-hydrogen) atoms. The van der Waals surface area contributed by atoms with Crippen molar-refractivity contribution in [2.24, 2.45) is 0 Å². The van der Waals surface area contributed by atoms with Crippen LogP contribution in [0.1, 0.15) is 33.7 Å². The molecule has 0 saturated heterocycles. The van der Waals surface area contributed by atoms with Gasteiger partial charge in [0.15, 0.2) is 0 Å². The molecule has 5 aromatic carbocycles. The van der Waals surface area contributed by atoms with Gasteiger partial charge in [0.1, 0.15) is 0 Å². The highest BCUT2D eigenvalue weighted by Crippen LogP contribution is 2.64. The van der Waals surface area contributed by atoms with Gasteiger partial charge in [0.2, 0.25) is 0 Å². The molecule has 0 atom stereocenters. The van der Waals surface area contributed by atoms with Crippen molar-refractivity contribution in [1.29, 1.82) is 0 Å². The Labute approximate surface area is 188 Å². The molecule has 0 spiro atoms. The lowest BCUT2D eigenvalue weighted by atomic mass is 9.61. The Hall–Kier alpha value is -3.90. The van der Waals surface area contributed by atoms with Crippen molar-refractivity contribution in [3.05, 3.63) is 155 Å². The zero-order valence-corrected chi connectivity index (χ0v) is 17.7. The van der Waals surface area contributed by atoms with E-state index in [1.165, 1.54) is 50.1 Å². The van der Waals surface area contributed by atoms with E-state index >= 15 is 0 Å². The second kappa shape index (κ2) is 6.55. The fraction of sp³-hybridized carbons (Fsp3) is 0.0625. The van der Waals surface area contributed by atoms with Gasteiger partial charge >= 0.3 is 0 Å². The minimum Gasteiger partial charge on any atom is -0.0622 e. The van der Waals surface area contributed by atoms with Crippen LogP contribution < -0.4 is 0 Å². The molecule has 5 aromatic rings. The fourth-order valence-corrected chi connectivity index (χ4v) is 6.38. The normalized spacial score (nSPS) is 15.0. The van der Waals surface area contributed by atoms with E-state index in [0.29, 0.717) is 0 Å². The van der Waals surface area contributed by atoms with Gasteiger partial charge in [-0.25, -0.2) is 0 Å². The van der Waals surface area contributed by atoms with Crippen LogP contribution >= 0.6 is 0 Å². The summed E-state index contributed by atoms with van der Waals surface area (Å²) in [5.41, 5.74) is 12.2. The summed E-state index contributed by atoms with van der Waals surface area (Å²) in [6, 6.07) is 47.2. The van der Waals surface area contributed by atoms with Crippen molar-refractivity contribution in [3.63, 3.8) is 0 Å². The van der Waals surface area contributed by atoms with E-state index in [2.05, 4.69) is 127 Å². The first-order chi connectivity index (χ1) is 15.9. The number of benzene rings is 5. The van der Waals surface area contributed by atoms with Crippen LogP contribution in [-0.2, 0) is 5.41 Å². The highest BCUT2D eigenvalue weighted by atomic mass is 14.5. The van der Waals surface area contributed by atoms with Crippen LogP contribution in [0.4, 0.5) is 0 Å². The SMILES string of the molecule is c1ccc(C2(C3c4ccccc4-c4ccccc43)c3ccccc3-c3ccccc32)cc1. The molecule has 0 radical (unpaired) electrons. The number of rotatable bonds is 2.